The summed E-state index contributed by atoms with van der Waals surface area (Å²) in [7, 11) is 0. The average molecular weight is 320 g/mol. The van der Waals surface area contributed by atoms with Gasteiger partial charge in [0.1, 0.15) is 11.5 Å². The van der Waals surface area contributed by atoms with Gasteiger partial charge in [-0.2, -0.15) is 0 Å². The molecule has 0 saturated carbocycles. The monoisotopic (exact) mass is 319 g/mol. The highest BCUT2D eigenvalue weighted by Gasteiger charge is 2.04. The second-order valence-corrected chi connectivity index (χ2v) is 5.82. The predicted octanol–water partition coefficient (Wildman–Crippen LogP) is 4.70. The Morgan fingerprint density at radius 2 is 1.55 bits per heavy atom. The lowest BCUT2D eigenvalue weighted by Crippen LogP contribution is -2.06. The Labute approximate surface area is 137 Å². The van der Waals surface area contributed by atoms with E-state index in [4.69, 9.17) is 26.8 Å². The molecule has 22 heavy (non-hydrogen) atoms. The number of hydrogen-bond donors (Lipinski definition) is 1. The Morgan fingerprint density at radius 3 is 2.23 bits per heavy atom. The molecular formula is C18H22ClNO2. The van der Waals surface area contributed by atoms with Crippen molar-refractivity contribution in [1.82, 2.24) is 0 Å². The highest BCUT2D eigenvalue weighted by molar-refractivity contribution is 6.32. The number of nitrogens with two attached hydrogens (primary N) is 1. The number of aryl methyl sites for hydroxylation is 3. The van der Waals surface area contributed by atoms with Gasteiger partial charge in [-0.3, -0.25) is 0 Å². The summed E-state index contributed by atoms with van der Waals surface area (Å²) < 4.78 is 11.5. The van der Waals surface area contributed by atoms with Gasteiger partial charge in [0.25, 0.3) is 0 Å². The summed E-state index contributed by atoms with van der Waals surface area (Å²) in [6.45, 7) is 7.16. The highest BCUT2D eigenvalue weighted by atomic mass is 35.5. The van der Waals surface area contributed by atoms with E-state index in [0.29, 0.717) is 18.9 Å². The third-order valence-electron chi connectivity index (χ3n) is 3.44. The molecule has 0 heterocycles. The van der Waals surface area contributed by atoms with E-state index in [0.717, 1.165) is 39.6 Å². The molecule has 0 amide bonds. The molecule has 0 radical (unpaired) electrons. The standard InChI is InChI=1S/C18H22ClNO2/c1-12-5-6-15(20)11-17(12)22-8-4-7-21-16-9-13(2)18(19)14(3)10-16/h5-6,9-11H,4,7-8,20H2,1-3H3. The Balaban J connectivity index is 1.79. The van der Waals surface area contributed by atoms with E-state index in [1.807, 2.05) is 51.1 Å². The van der Waals surface area contributed by atoms with Crippen LogP contribution in [0.5, 0.6) is 11.5 Å². The average Bonchev–Trinajstić information content (AvgIpc) is 2.47. The van der Waals surface area contributed by atoms with Crippen LogP contribution in [0, 0.1) is 20.8 Å². The molecule has 0 aliphatic carbocycles. The van der Waals surface area contributed by atoms with Crippen molar-refractivity contribution in [3.05, 3.63) is 52.0 Å². The molecule has 0 aromatic heterocycles. The first kappa shape index (κ1) is 16.5. The van der Waals surface area contributed by atoms with Crippen molar-refractivity contribution in [3.63, 3.8) is 0 Å². The van der Waals surface area contributed by atoms with Crippen LogP contribution in [0.25, 0.3) is 0 Å². The van der Waals surface area contributed by atoms with Crippen LogP contribution in [0.1, 0.15) is 23.1 Å². The lowest BCUT2D eigenvalue weighted by molar-refractivity contribution is 0.246. The molecule has 0 bridgehead atoms. The molecule has 0 saturated heterocycles. The van der Waals surface area contributed by atoms with Gasteiger partial charge in [0.2, 0.25) is 0 Å². The third kappa shape index (κ3) is 4.31. The van der Waals surface area contributed by atoms with Crippen molar-refractivity contribution in [1.29, 1.82) is 0 Å². The Bertz CT molecular complexity index is 633. The van der Waals surface area contributed by atoms with Gasteiger partial charge >= 0.3 is 0 Å². The van der Waals surface area contributed by atoms with Gasteiger partial charge in [-0.25, -0.2) is 0 Å². The van der Waals surface area contributed by atoms with Crippen LogP contribution >= 0.6 is 11.6 Å². The van der Waals surface area contributed by atoms with Gasteiger partial charge in [0, 0.05) is 23.2 Å². The number of hydrogen-bond acceptors (Lipinski definition) is 3. The summed E-state index contributed by atoms with van der Waals surface area (Å²) in [5, 5.41) is 0.799. The molecule has 0 aliphatic rings. The fourth-order valence-corrected chi connectivity index (χ4v) is 2.30. The zero-order valence-corrected chi connectivity index (χ0v) is 14.0. The number of anilines is 1. The maximum atomic E-state index is 6.14. The highest BCUT2D eigenvalue weighted by Crippen LogP contribution is 2.26. The van der Waals surface area contributed by atoms with Crippen molar-refractivity contribution in [2.75, 3.05) is 18.9 Å². The fraction of sp³-hybridized carbons (Fsp3) is 0.333. The first-order valence-corrected chi connectivity index (χ1v) is 7.73. The fourth-order valence-electron chi connectivity index (χ4n) is 2.19. The molecule has 0 fully saturated rings. The molecular weight excluding hydrogens is 298 g/mol. The Kier molecular flexibility index (Phi) is 5.56. The zero-order chi connectivity index (χ0) is 16.1. The zero-order valence-electron chi connectivity index (χ0n) is 13.3. The lowest BCUT2D eigenvalue weighted by atomic mass is 10.1. The predicted molar refractivity (Wildman–Crippen MR) is 92.1 cm³/mol. The summed E-state index contributed by atoms with van der Waals surface area (Å²) >= 11 is 6.14. The molecule has 2 N–H and O–H groups in total. The van der Waals surface area contributed by atoms with Gasteiger partial charge < -0.3 is 15.2 Å². The van der Waals surface area contributed by atoms with E-state index in [2.05, 4.69) is 0 Å². The van der Waals surface area contributed by atoms with E-state index < -0.39 is 0 Å². The van der Waals surface area contributed by atoms with E-state index in [1.165, 1.54) is 0 Å². The van der Waals surface area contributed by atoms with Gasteiger partial charge in [-0.1, -0.05) is 17.7 Å². The maximum absolute atomic E-state index is 6.14. The van der Waals surface area contributed by atoms with Crippen LogP contribution in [0.4, 0.5) is 5.69 Å². The van der Waals surface area contributed by atoms with E-state index in [1.54, 1.807) is 0 Å². The normalized spacial score (nSPS) is 10.5. The molecule has 2 aromatic carbocycles. The smallest absolute Gasteiger partial charge is 0.124 e. The molecule has 0 spiro atoms. The number of halogens is 1. The van der Waals surface area contributed by atoms with Gasteiger partial charge in [-0.05, 0) is 55.7 Å². The molecule has 3 nitrogen and oxygen atoms in total. The van der Waals surface area contributed by atoms with Crippen molar-refractivity contribution < 1.29 is 9.47 Å². The minimum atomic E-state index is 0.593. The number of rotatable bonds is 6. The van der Waals surface area contributed by atoms with Gasteiger partial charge in [-0.15, -0.1) is 0 Å². The SMILES string of the molecule is Cc1ccc(N)cc1OCCCOc1cc(C)c(Cl)c(C)c1. The van der Waals surface area contributed by atoms with Crippen LogP contribution in [0.3, 0.4) is 0 Å². The molecule has 0 aliphatic heterocycles. The minimum absolute atomic E-state index is 0.593. The van der Waals surface area contributed by atoms with E-state index >= 15 is 0 Å². The second-order valence-electron chi connectivity index (χ2n) is 5.45. The van der Waals surface area contributed by atoms with E-state index in [9.17, 15) is 0 Å². The minimum Gasteiger partial charge on any atom is -0.493 e. The Hall–Kier alpha value is -1.87. The van der Waals surface area contributed by atoms with Crippen molar-refractivity contribution in [2.24, 2.45) is 0 Å². The number of benzene rings is 2. The van der Waals surface area contributed by atoms with Crippen LogP contribution in [-0.2, 0) is 0 Å². The maximum Gasteiger partial charge on any atom is 0.124 e. The first-order chi connectivity index (χ1) is 10.5. The number of ether oxygens (including phenoxy) is 2. The molecule has 0 unspecified atom stereocenters. The van der Waals surface area contributed by atoms with Crippen LogP contribution in [0.15, 0.2) is 30.3 Å². The van der Waals surface area contributed by atoms with Gasteiger partial charge in [0.15, 0.2) is 0 Å². The quantitative estimate of drug-likeness (QED) is 0.620. The largest absolute Gasteiger partial charge is 0.493 e. The second kappa shape index (κ2) is 7.41. The first-order valence-electron chi connectivity index (χ1n) is 7.36. The molecule has 118 valence electrons. The van der Waals surface area contributed by atoms with Crippen molar-refractivity contribution in [2.45, 2.75) is 27.2 Å². The van der Waals surface area contributed by atoms with Crippen molar-refractivity contribution in [3.8, 4) is 11.5 Å². The van der Waals surface area contributed by atoms with Crippen LogP contribution in [0.2, 0.25) is 5.02 Å². The lowest BCUT2D eigenvalue weighted by Gasteiger charge is -2.12. The third-order valence-corrected chi connectivity index (χ3v) is 4.03. The summed E-state index contributed by atoms with van der Waals surface area (Å²) in [5.74, 6) is 1.68. The molecule has 2 rings (SSSR count). The molecule has 2 aromatic rings. The summed E-state index contributed by atoms with van der Waals surface area (Å²) in [4.78, 5) is 0. The van der Waals surface area contributed by atoms with Gasteiger partial charge in [0.05, 0.1) is 13.2 Å². The molecule has 0 atom stereocenters. The van der Waals surface area contributed by atoms with Crippen molar-refractivity contribution >= 4 is 17.3 Å². The van der Waals surface area contributed by atoms with E-state index in [-0.39, 0.29) is 0 Å². The summed E-state index contributed by atoms with van der Waals surface area (Å²) in [6, 6.07) is 9.59. The topological polar surface area (TPSA) is 44.5 Å². The van der Waals surface area contributed by atoms with Crippen LogP contribution in [-0.4, -0.2) is 13.2 Å². The summed E-state index contributed by atoms with van der Waals surface area (Å²) in [5.41, 5.74) is 9.62. The number of nitrogen functional groups attached to an aromatic ring is 1. The van der Waals surface area contributed by atoms with Crippen LogP contribution < -0.4 is 15.2 Å². The Morgan fingerprint density at radius 1 is 0.909 bits per heavy atom. The molecule has 4 heteroatoms. The summed E-state index contributed by atoms with van der Waals surface area (Å²) in [6.07, 6.45) is 0.801.